The minimum Gasteiger partial charge on any atom is -0.508 e. The van der Waals surface area contributed by atoms with E-state index in [0.717, 1.165) is 5.56 Å². The van der Waals surface area contributed by atoms with Crippen LogP contribution in [0.3, 0.4) is 0 Å². The number of phenols is 1. The summed E-state index contributed by atoms with van der Waals surface area (Å²) in [5.74, 6) is -1.55. The average Bonchev–Trinajstić information content (AvgIpc) is 3.77. The molecule has 1 saturated heterocycles. The summed E-state index contributed by atoms with van der Waals surface area (Å²) >= 11 is 0. The summed E-state index contributed by atoms with van der Waals surface area (Å²) in [5.41, 5.74) is 1.82. The number of aromatic hydroxyl groups is 1. The first-order chi connectivity index (χ1) is 18.1. The predicted octanol–water partition coefficient (Wildman–Crippen LogP) is 3.26. The molecule has 0 radical (unpaired) electrons. The van der Waals surface area contributed by atoms with Gasteiger partial charge in [0.1, 0.15) is 11.9 Å². The van der Waals surface area contributed by atoms with E-state index < -0.39 is 22.1 Å². The molecule has 0 spiro atoms. The standard InChI is InChI=1S/C28H24N2O7S/c31-25-15-20-7-8-21(13-22(20)14-24(25)26(32)18-3-5-19(6-4-18)28(34)35)27(33)29-16-17-1-9-23(10-2-17)38(36,37)30-11-12-30/h1-10,13-15,26,31-32H,11-12,16H2,(H,29,33)(H,34,35). The Hall–Kier alpha value is -4.25. The van der Waals surface area contributed by atoms with Crippen molar-refractivity contribution in [3.63, 3.8) is 0 Å². The zero-order valence-electron chi connectivity index (χ0n) is 20.0. The quantitative estimate of drug-likeness (QED) is 0.255. The van der Waals surface area contributed by atoms with Crippen molar-refractivity contribution in [3.05, 3.63) is 107 Å². The molecule has 1 aliphatic rings. The lowest BCUT2D eigenvalue weighted by Crippen LogP contribution is -2.22. The van der Waals surface area contributed by atoms with Gasteiger partial charge in [0.25, 0.3) is 5.91 Å². The lowest BCUT2D eigenvalue weighted by atomic mass is 9.96. The van der Waals surface area contributed by atoms with Crippen LogP contribution in [0.15, 0.2) is 83.8 Å². The fourth-order valence-corrected chi connectivity index (χ4v) is 5.49. The number of carboxylic acids is 1. The van der Waals surface area contributed by atoms with Crippen LogP contribution in [0.1, 0.15) is 43.5 Å². The summed E-state index contributed by atoms with van der Waals surface area (Å²) in [6, 6.07) is 20.1. The van der Waals surface area contributed by atoms with E-state index in [1.165, 1.54) is 46.8 Å². The highest BCUT2D eigenvalue weighted by Crippen LogP contribution is 2.33. The maximum Gasteiger partial charge on any atom is 0.335 e. The molecule has 5 rings (SSSR count). The Balaban J connectivity index is 1.32. The van der Waals surface area contributed by atoms with E-state index >= 15 is 0 Å². The maximum absolute atomic E-state index is 12.8. The van der Waals surface area contributed by atoms with Crippen LogP contribution in [-0.4, -0.2) is 53.0 Å². The number of rotatable bonds is 8. The number of fused-ring (bicyclic) bond motifs is 1. The van der Waals surface area contributed by atoms with E-state index in [4.69, 9.17) is 5.11 Å². The first-order valence-electron chi connectivity index (χ1n) is 11.8. The van der Waals surface area contributed by atoms with Gasteiger partial charge >= 0.3 is 5.97 Å². The summed E-state index contributed by atoms with van der Waals surface area (Å²) in [6.45, 7) is 1.27. The molecule has 1 aliphatic heterocycles. The third-order valence-electron chi connectivity index (χ3n) is 6.44. The number of sulfonamides is 1. The number of amides is 1. The van der Waals surface area contributed by atoms with Crippen LogP contribution in [0.2, 0.25) is 0 Å². The van der Waals surface area contributed by atoms with E-state index in [9.17, 15) is 28.2 Å². The van der Waals surface area contributed by atoms with Crippen LogP contribution in [0.4, 0.5) is 0 Å². The number of carbonyl (C=O) groups is 2. The number of hydrogen-bond donors (Lipinski definition) is 4. The molecule has 10 heteroatoms. The van der Waals surface area contributed by atoms with Gasteiger partial charge in [-0.05, 0) is 70.4 Å². The first-order valence-corrected chi connectivity index (χ1v) is 13.2. The molecule has 1 fully saturated rings. The normalized spacial score (nSPS) is 14.2. The van der Waals surface area contributed by atoms with Crippen LogP contribution < -0.4 is 5.32 Å². The van der Waals surface area contributed by atoms with Crippen molar-refractivity contribution in [2.24, 2.45) is 0 Å². The molecular formula is C28H24N2O7S. The second kappa shape index (κ2) is 9.90. The van der Waals surface area contributed by atoms with Crippen LogP contribution in [-0.2, 0) is 16.6 Å². The van der Waals surface area contributed by atoms with Crippen LogP contribution in [0, 0.1) is 0 Å². The largest absolute Gasteiger partial charge is 0.508 e. The molecule has 38 heavy (non-hydrogen) atoms. The molecule has 1 heterocycles. The summed E-state index contributed by atoms with van der Waals surface area (Å²) in [5, 5.41) is 34.5. The van der Waals surface area contributed by atoms with Gasteiger partial charge in [-0.15, -0.1) is 0 Å². The zero-order chi connectivity index (χ0) is 27.0. The number of hydrogen-bond acceptors (Lipinski definition) is 6. The fraction of sp³-hybridized carbons (Fsp3) is 0.143. The van der Waals surface area contributed by atoms with Crippen molar-refractivity contribution in [3.8, 4) is 5.75 Å². The molecule has 4 aromatic rings. The van der Waals surface area contributed by atoms with Gasteiger partial charge in [0, 0.05) is 30.8 Å². The molecule has 0 saturated carbocycles. The summed E-state index contributed by atoms with van der Waals surface area (Å²) in [7, 11) is -3.43. The second-order valence-corrected chi connectivity index (χ2v) is 11.0. The highest BCUT2D eigenvalue weighted by molar-refractivity contribution is 7.89. The number of carboxylic acid groups (broad SMARTS) is 1. The summed E-state index contributed by atoms with van der Waals surface area (Å²) in [6.07, 6.45) is -1.21. The molecule has 4 N–H and O–H groups in total. The van der Waals surface area contributed by atoms with Crippen molar-refractivity contribution in [1.82, 2.24) is 9.62 Å². The van der Waals surface area contributed by atoms with Gasteiger partial charge in [-0.3, -0.25) is 4.79 Å². The predicted molar refractivity (Wildman–Crippen MR) is 139 cm³/mol. The lowest BCUT2D eigenvalue weighted by molar-refractivity contribution is 0.0696. The third kappa shape index (κ3) is 5.10. The van der Waals surface area contributed by atoms with E-state index in [2.05, 4.69) is 5.32 Å². The summed E-state index contributed by atoms with van der Waals surface area (Å²) in [4.78, 5) is 24.1. The van der Waals surface area contributed by atoms with Gasteiger partial charge < -0.3 is 20.6 Å². The Labute approximate surface area is 218 Å². The molecule has 0 aromatic heterocycles. The number of carbonyl (C=O) groups excluding carboxylic acids is 1. The lowest BCUT2D eigenvalue weighted by Gasteiger charge is -2.15. The minimum absolute atomic E-state index is 0.0802. The number of benzene rings is 4. The minimum atomic E-state index is -3.43. The molecule has 1 amide bonds. The summed E-state index contributed by atoms with van der Waals surface area (Å²) < 4.78 is 25.9. The van der Waals surface area contributed by atoms with E-state index in [0.29, 0.717) is 35.0 Å². The monoisotopic (exact) mass is 532 g/mol. The number of aliphatic hydroxyl groups excluding tert-OH is 1. The van der Waals surface area contributed by atoms with E-state index in [1.54, 1.807) is 36.4 Å². The number of nitrogens with one attached hydrogen (secondary N) is 1. The van der Waals surface area contributed by atoms with Gasteiger partial charge in [0.15, 0.2) is 0 Å². The SMILES string of the molecule is O=C(O)c1ccc(C(O)c2cc3cc(C(=O)NCc4ccc(S(=O)(=O)N5CC5)cc4)ccc3cc2O)cc1. The number of phenolic OH excluding ortho intramolecular Hbond substituents is 1. The van der Waals surface area contributed by atoms with Crippen LogP contribution in [0.25, 0.3) is 10.8 Å². The first kappa shape index (κ1) is 25.4. The molecule has 0 aliphatic carbocycles. The number of aromatic carboxylic acids is 1. The Kier molecular flexibility index (Phi) is 6.62. The molecule has 0 bridgehead atoms. The zero-order valence-corrected chi connectivity index (χ0v) is 20.9. The molecule has 9 nitrogen and oxygen atoms in total. The van der Waals surface area contributed by atoms with Crippen molar-refractivity contribution in [2.45, 2.75) is 17.5 Å². The van der Waals surface area contributed by atoms with E-state index in [1.807, 2.05) is 0 Å². The van der Waals surface area contributed by atoms with Crippen molar-refractivity contribution >= 4 is 32.7 Å². The molecule has 194 valence electrons. The van der Waals surface area contributed by atoms with E-state index in [-0.39, 0.29) is 34.2 Å². The molecular weight excluding hydrogens is 508 g/mol. The number of aliphatic hydroxyl groups is 1. The highest BCUT2D eigenvalue weighted by Gasteiger charge is 2.33. The van der Waals surface area contributed by atoms with Gasteiger partial charge in [-0.2, -0.15) is 4.31 Å². The second-order valence-electron chi connectivity index (χ2n) is 9.03. The molecule has 1 atom stereocenters. The van der Waals surface area contributed by atoms with Crippen molar-refractivity contribution in [2.75, 3.05) is 13.1 Å². The Bertz CT molecular complexity index is 1650. The van der Waals surface area contributed by atoms with Crippen LogP contribution in [0.5, 0.6) is 5.75 Å². The van der Waals surface area contributed by atoms with Gasteiger partial charge in [-0.1, -0.05) is 30.3 Å². The van der Waals surface area contributed by atoms with Crippen LogP contribution >= 0.6 is 0 Å². The molecule has 4 aromatic carbocycles. The van der Waals surface area contributed by atoms with Crippen molar-refractivity contribution < 1.29 is 33.3 Å². The average molecular weight is 533 g/mol. The molecule has 1 unspecified atom stereocenters. The maximum atomic E-state index is 12.8. The highest BCUT2D eigenvalue weighted by atomic mass is 32.2. The Morgan fingerprint density at radius 3 is 2.16 bits per heavy atom. The van der Waals surface area contributed by atoms with Gasteiger partial charge in [0.2, 0.25) is 10.0 Å². The van der Waals surface area contributed by atoms with Gasteiger partial charge in [-0.25, -0.2) is 13.2 Å². The van der Waals surface area contributed by atoms with Crippen molar-refractivity contribution in [1.29, 1.82) is 0 Å². The van der Waals surface area contributed by atoms with Gasteiger partial charge in [0.05, 0.1) is 10.5 Å². The smallest absolute Gasteiger partial charge is 0.335 e. The Morgan fingerprint density at radius 2 is 1.53 bits per heavy atom. The topological polar surface area (TPSA) is 144 Å². The third-order valence-corrected chi connectivity index (χ3v) is 8.35. The Morgan fingerprint density at radius 1 is 0.868 bits per heavy atom. The fourth-order valence-electron chi connectivity index (χ4n) is 4.15. The number of nitrogens with zero attached hydrogens (tertiary/aromatic N) is 1.